The summed E-state index contributed by atoms with van der Waals surface area (Å²) in [7, 11) is 0.456. The van der Waals surface area contributed by atoms with Crippen molar-refractivity contribution in [3.05, 3.63) is 0 Å². The smallest absolute Gasteiger partial charge is 0.259 e. The predicted molar refractivity (Wildman–Crippen MR) is 85.6 cm³/mol. The van der Waals surface area contributed by atoms with Crippen molar-refractivity contribution in [3.8, 4) is 6.07 Å². The minimum absolute atomic E-state index is 0.0271. The zero-order valence-electron chi connectivity index (χ0n) is 13.9. The van der Waals surface area contributed by atoms with E-state index in [-0.39, 0.29) is 6.10 Å². The molecule has 21 heavy (non-hydrogen) atoms. The molecule has 0 aromatic rings. The Hall–Kier alpha value is -0.280. The molecule has 0 heterocycles. The molecule has 0 rings (SSSR count). The van der Waals surface area contributed by atoms with Crippen molar-refractivity contribution in [1.82, 2.24) is 4.67 Å². The standard InChI is InChI=1S/C14H30N3O3P/c1-12(2)17(13(3)4)21(19-10-6-8-15)20-11-14(18-5)7-9-16/h12-14H,6-7,9-11,16H2,1-5H3. The van der Waals surface area contributed by atoms with Gasteiger partial charge in [-0.2, -0.15) is 5.26 Å². The Morgan fingerprint density at radius 2 is 1.81 bits per heavy atom. The molecule has 0 saturated carbocycles. The van der Waals surface area contributed by atoms with Gasteiger partial charge in [0.1, 0.15) is 0 Å². The van der Waals surface area contributed by atoms with Gasteiger partial charge in [0.15, 0.2) is 0 Å². The molecule has 2 unspecified atom stereocenters. The molecule has 0 aliphatic carbocycles. The highest BCUT2D eigenvalue weighted by Crippen LogP contribution is 2.46. The van der Waals surface area contributed by atoms with E-state index in [2.05, 4.69) is 38.4 Å². The van der Waals surface area contributed by atoms with Gasteiger partial charge in [0.2, 0.25) is 0 Å². The molecule has 0 amide bonds. The van der Waals surface area contributed by atoms with Gasteiger partial charge < -0.3 is 19.5 Å². The van der Waals surface area contributed by atoms with Crippen molar-refractivity contribution in [2.75, 3.05) is 26.9 Å². The van der Waals surface area contributed by atoms with Crippen LogP contribution in [0.2, 0.25) is 0 Å². The van der Waals surface area contributed by atoms with Gasteiger partial charge >= 0.3 is 0 Å². The SMILES string of the molecule is COC(CCN)COP(OCCC#N)N(C(C)C)C(C)C. The lowest BCUT2D eigenvalue weighted by Gasteiger charge is -2.36. The van der Waals surface area contributed by atoms with Gasteiger partial charge in [-0.3, -0.25) is 0 Å². The predicted octanol–water partition coefficient (Wildman–Crippen LogP) is 2.64. The summed E-state index contributed by atoms with van der Waals surface area (Å²) in [5, 5.41) is 8.65. The fourth-order valence-corrected chi connectivity index (χ4v) is 3.55. The minimum atomic E-state index is -1.20. The second-order valence-electron chi connectivity index (χ2n) is 5.28. The summed E-state index contributed by atoms with van der Waals surface area (Å²) in [5.74, 6) is 0. The topological polar surface area (TPSA) is 80.7 Å². The van der Waals surface area contributed by atoms with Crippen molar-refractivity contribution in [2.24, 2.45) is 5.73 Å². The van der Waals surface area contributed by atoms with Crippen LogP contribution >= 0.6 is 8.53 Å². The van der Waals surface area contributed by atoms with Crippen LogP contribution in [0.5, 0.6) is 0 Å². The number of nitrogens with zero attached hydrogens (tertiary/aromatic N) is 2. The third-order valence-electron chi connectivity index (χ3n) is 2.86. The van der Waals surface area contributed by atoms with E-state index in [1.165, 1.54) is 0 Å². The molecular formula is C14H30N3O3P. The third-order valence-corrected chi connectivity index (χ3v) is 4.93. The molecule has 0 aliphatic heterocycles. The number of methoxy groups -OCH3 is 1. The summed E-state index contributed by atoms with van der Waals surface area (Å²) in [5.41, 5.74) is 5.56. The lowest BCUT2D eigenvalue weighted by atomic mass is 10.3. The van der Waals surface area contributed by atoms with Crippen LogP contribution in [0.15, 0.2) is 0 Å². The highest BCUT2D eigenvalue weighted by atomic mass is 31.2. The van der Waals surface area contributed by atoms with Crippen molar-refractivity contribution < 1.29 is 13.8 Å². The fraction of sp³-hybridized carbons (Fsp3) is 0.929. The Labute approximate surface area is 130 Å². The van der Waals surface area contributed by atoms with Gasteiger partial charge in [0, 0.05) is 19.2 Å². The van der Waals surface area contributed by atoms with Crippen LogP contribution in [-0.4, -0.2) is 49.7 Å². The number of ether oxygens (including phenoxy) is 1. The van der Waals surface area contributed by atoms with Gasteiger partial charge in [0.05, 0.1) is 31.8 Å². The zero-order chi connectivity index (χ0) is 16.3. The van der Waals surface area contributed by atoms with Crippen molar-refractivity contribution >= 4 is 8.53 Å². The summed E-state index contributed by atoms with van der Waals surface area (Å²) in [6, 6.07) is 2.69. The molecule has 0 aliphatic rings. The Morgan fingerprint density at radius 3 is 2.24 bits per heavy atom. The first-order valence-corrected chi connectivity index (χ1v) is 8.54. The monoisotopic (exact) mass is 319 g/mol. The van der Waals surface area contributed by atoms with Crippen LogP contribution in [0.4, 0.5) is 0 Å². The van der Waals surface area contributed by atoms with Gasteiger partial charge in [-0.15, -0.1) is 0 Å². The Balaban J connectivity index is 4.66. The number of nitriles is 1. The molecule has 7 heteroatoms. The molecular weight excluding hydrogens is 289 g/mol. The highest BCUT2D eigenvalue weighted by molar-refractivity contribution is 7.44. The number of hydrogen-bond acceptors (Lipinski definition) is 6. The van der Waals surface area contributed by atoms with E-state index in [1.54, 1.807) is 7.11 Å². The van der Waals surface area contributed by atoms with Crippen LogP contribution in [0.3, 0.4) is 0 Å². The highest BCUT2D eigenvalue weighted by Gasteiger charge is 2.27. The fourth-order valence-electron chi connectivity index (χ4n) is 1.92. The summed E-state index contributed by atoms with van der Waals surface area (Å²) in [6.07, 6.45) is 1.09. The first-order valence-electron chi connectivity index (χ1n) is 7.41. The van der Waals surface area contributed by atoms with Crippen LogP contribution in [0.1, 0.15) is 40.5 Å². The maximum atomic E-state index is 8.65. The number of rotatable bonds is 12. The summed E-state index contributed by atoms with van der Waals surface area (Å²) in [4.78, 5) is 0. The molecule has 0 aromatic carbocycles. The Kier molecular flexibility index (Phi) is 12.1. The molecule has 2 atom stereocenters. The molecule has 6 nitrogen and oxygen atoms in total. The van der Waals surface area contributed by atoms with E-state index in [1.807, 2.05) is 0 Å². The van der Waals surface area contributed by atoms with E-state index in [0.717, 1.165) is 6.42 Å². The molecule has 124 valence electrons. The minimum Gasteiger partial charge on any atom is -0.379 e. The molecule has 0 aromatic heterocycles. The van der Waals surface area contributed by atoms with Crippen LogP contribution in [0.25, 0.3) is 0 Å². The molecule has 2 N–H and O–H groups in total. The second-order valence-corrected chi connectivity index (χ2v) is 6.73. The molecule has 0 spiro atoms. The van der Waals surface area contributed by atoms with E-state index in [9.17, 15) is 0 Å². The Morgan fingerprint density at radius 1 is 1.19 bits per heavy atom. The van der Waals surface area contributed by atoms with Crippen molar-refractivity contribution in [1.29, 1.82) is 5.26 Å². The van der Waals surface area contributed by atoms with E-state index in [4.69, 9.17) is 24.8 Å². The van der Waals surface area contributed by atoms with E-state index < -0.39 is 8.53 Å². The largest absolute Gasteiger partial charge is 0.379 e. The maximum Gasteiger partial charge on any atom is 0.259 e. The van der Waals surface area contributed by atoms with Crippen molar-refractivity contribution in [3.63, 3.8) is 0 Å². The maximum absolute atomic E-state index is 8.65. The normalized spacial score (nSPS) is 14.7. The zero-order valence-corrected chi connectivity index (χ0v) is 14.8. The first-order chi connectivity index (χ1) is 9.97. The molecule has 0 fully saturated rings. The van der Waals surface area contributed by atoms with Gasteiger partial charge in [-0.05, 0) is 40.7 Å². The average molecular weight is 319 g/mol. The molecule has 0 bridgehead atoms. The van der Waals surface area contributed by atoms with Crippen LogP contribution in [0, 0.1) is 11.3 Å². The summed E-state index contributed by atoms with van der Waals surface area (Å²) >= 11 is 0. The van der Waals surface area contributed by atoms with Crippen molar-refractivity contribution in [2.45, 2.75) is 58.7 Å². The summed E-state index contributed by atoms with van der Waals surface area (Å²) < 4.78 is 19.3. The van der Waals surface area contributed by atoms with Gasteiger partial charge in [-0.1, -0.05) is 0 Å². The van der Waals surface area contributed by atoms with Crippen LogP contribution < -0.4 is 5.73 Å². The molecule has 0 radical (unpaired) electrons. The average Bonchev–Trinajstić information content (AvgIpc) is 2.42. The quantitative estimate of drug-likeness (QED) is 0.440. The van der Waals surface area contributed by atoms with Gasteiger partial charge in [-0.25, -0.2) is 4.67 Å². The second kappa shape index (κ2) is 12.3. The number of hydrogen-bond donors (Lipinski definition) is 1. The van der Waals surface area contributed by atoms with Gasteiger partial charge in [0.25, 0.3) is 8.53 Å². The molecule has 0 saturated heterocycles. The summed E-state index contributed by atoms with van der Waals surface area (Å²) in [6.45, 7) is 9.84. The lowest BCUT2D eigenvalue weighted by Crippen LogP contribution is -2.34. The van der Waals surface area contributed by atoms with Crippen LogP contribution in [-0.2, 0) is 13.8 Å². The lowest BCUT2D eigenvalue weighted by molar-refractivity contribution is 0.0450. The van der Waals surface area contributed by atoms with E-state index in [0.29, 0.717) is 38.3 Å². The third kappa shape index (κ3) is 8.67. The Bertz CT molecular complexity index is 290. The first kappa shape index (κ1) is 20.7. The number of nitrogens with two attached hydrogens (primary N) is 1. The van der Waals surface area contributed by atoms with E-state index >= 15 is 0 Å².